The number of aromatic hydroxyl groups is 3. The topological polar surface area (TPSA) is 604 Å². The van der Waals surface area contributed by atoms with Crippen LogP contribution in [-0.4, -0.2) is 118 Å². The molecular weight excluding hydrogens is 1380 g/mol. The number of ether oxygens (including phenoxy) is 2. The third-order valence-corrected chi connectivity index (χ3v) is 17.4. The molecule has 476 valence electrons. The normalized spacial score (nSPS) is 12.7. The van der Waals surface area contributed by atoms with E-state index in [1.807, 2.05) is 0 Å². The van der Waals surface area contributed by atoms with E-state index in [-0.39, 0.29) is 39.5 Å². The van der Waals surface area contributed by atoms with Gasteiger partial charge in [-0.2, -0.15) is 42.1 Å². The van der Waals surface area contributed by atoms with Crippen LogP contribution in [0.5, 0.6) is 28.7 Å². The maximum Gasteiger partial charge on any atom is 0.425 e. The molecule has 0 saturated carbocycles. The number of nitrogens with two attached hydrogens (primary N) is 1. The van der Waals surface area contributed by atoms with Gasteiger partial charge in [0.2, 0.25) is 0 Å². The summed E-state index contributed by atoms with van der Waals surface area (Å²) >= 11 is 0.432. The van der Waals surface area contributed by atoms with E-state index in [2.05, 4.69) is 59.7 Å². The molecule has 8 aromatic carbocycles. The van der Waals surface area contributed by atoms with E-state index in [4.69, 9.17) is 38.3 Å². The Morgan fingerprint density at radius 2 is 0.833 bits per heavy atom. The Balaban J connectivity index is 0.00000279. The minimum Gasteiger partial charge on any atom is -0.505 e. The van der Waals surface area contributed by atoms with Gasteiger partial charge in [-0.15, -0.1) is 62.2 Å². The third-order valence-electron chi connectivity index (χ3n) is 11.6. The summed E-state index contributed by atoms with van der Waals surface area (Å²) in [4.78, 5) is -6.15. The fourth-order valence-electron chi connectivity index (χ4n) is 7.96. The van der Waals surface area contributed by atoms with Crippen molar-refractivity contribution < 1.29 is 132 Å². The molecule has 0 fully saturated rings. The molecule has 0 saturated heterocycles. The second-order valence-corrected chi connectivity index (χ2v) is 25.6. The molecule has 0 aliphatic heterocycles. The number of hydrogen-bond acceptors (Lipinski definition) is 35. The van der Waals surface area contributed by atoms with Gasteiger partial charge < -0.3 is 30.5 Å². The molecule has 0 amide bonds. The van der Waals surface area contributed by atoms with Crippen molar-refractivity contribution in [2.45, 2.75) is 34.3 Å². The van der Waals surface area contributed by atoms with Crippen LogP contribution in [0.25, 0.3) is 32.3 Å². The number of benzene rings is 8. The summed E-state index contributed by atoms with van der Waals surface area (Å²) < 4.78 is 224. The smallest absolute Gasteiger partial charge is 0.425 e. The number of phenolic OH excluding ortho intramolecular Hbond substituents is 3. The summed E-state index contributed by atoms with van der Waals surface area (Å²) in [5, 5.41) is 86.3. The molecule has 0 atom stereocenters. The molecule has 0 spiro atoms. The van der Waals surface area contributed by atoms with Gasteiger partial charge in [0.1, 0.15) is 81.5 Å². The maximum atomic E-state index is 13.1. The van der Waals surface area contributed by atoms with Crippen molar-refractivity contribution in [3.8, 4) is 28.7 Å². The minimum absolute atomic E-state index is 0.0117. The van der Waals surface area contributed by atoms with Crippen LogP contribution in [0.3, 0.4) is 0 Å². The highest BCUT2D eigenvalue weighted by Gasteiger charge is 2.31. The van der Waals surface area contributed by atoms with Crippen LogP contribution < -0.4 is 15.2 Å². The Morgan fingerprint density at radius 3 is 1.36 bits per heavy atom. The monoisotopic (exact) mass is 1410 g/mol. The lowest BCUT2D eigenvalue weighted by Gasteiger charge is -2.14. The first-order valence-electron chi connectivity index (χ1n) is 22.8. The molecule has 38 nitrogen and oxygen atoms in total. The van der Waals surface area contributed by atoms with E-state index in [0.29, 0.717) is 24.2 Å². The van der Waals surface area contributed by atoms with E-state index in [9.17, 15) is 80.2 Å². The highest BCUT2D eigenvalue weighted by molar-refractivity contribution is 7.95. The van der Waals surface area contributed by atoms with Gasteiger partial charge in [-0.3, -0.25) is 22.8 Å². The van der Waals surface area contributed by atoms with Crippen molar-refractivity contribution in [1.82, 2.24) is 0 Å². The Kier molecular flexibility index (Phi) is 20.8. The molecule has 12 N–H and O–H groups in total. The zero-order valence-corrected chi connectivity index (χ0v) is 50.3. The molecule has 46 heteroatoms. The van der Waals surface area contributed by atoms with Crippen LogP contribution in [0.15, 0.2) is 166 Å². The lowest BCUT2D eigenvalue weighted by molar-refractivity contribution is -0.432. The first-order chi connectivity index (χ1) is 42.0. The van der Waals surface area contributed by atoms with Crippen molar-refractivity contribution in [3.05, 3.63) is 91.0 Å². The van der Waals surface area contributed by atoms with Crippen LogP contribution in [0.4, 0.5) is 51.2 Å². The van der Waals surface area contributed by atoms with E-state index in [1.54, 1.807) is 0 Å². The van der Waals surface area contributed by atoms with E-state index in [0.717, 1.165) is 54.6 Å². The molecule has 8 rings (SSSR count). The molecule has 8 aromatic rings. The molecular formula is C44H33N9O29S8. The van der Waals surface area contributed by atoms with Crippen molar-refractivity contribution in [3.63, 3.8) is 0 Å². The summed E-state index contributed by atoms with van der Waals surface area (Å²) in [7, 11) is -27.6. The van der Waals surface area contributed by atoms with Gasteiger partial charge in [0.05, 0.1) is 59.2 Å². The van der Waals surface area contributed by atoms with E-state index < -0.39 is 180 Å². The fourth-order valence-corrected chi connectivity index (χ4v) is 12.5. The van der Waals surface area contributed by atoms with Gasteiger partial charge in [0.25, 0.3) is 50.6 Å². The van der Waals surface area contributed by atoms with E-state index >= 15 is 0 Å². The standard InChI is InChI=1S/C44H33N9O26S7.O3S/c1-74-19-4-9-25(30(14-19)80-78-76-57)46-53-39-34(84(65,66)67)17-24-22(41(39)55)7-12-29(44(24)86(71,72)73)50-52-38-33(83(62,63)64)13-18-3-8-27(42(56)35(18)36(38)45)48-49-28-11-6-21-23(43(28)85(68,69)70)16-31(81-79-77-58)37(40(21)54)51-47-26-10-5-20(75-2)15-32(26)82(59,60)61;1-4(2)3/h3-17,54-58H,45H2,1-2H3,(H,59,60,61)(H,62,63,64)(H,65,66,67)(H,68,69,70)(H,71,72,73);. The van der Waals surface area contributed by atoms with Gasteiger partial charge in [0, 0.05) is 27.6 Å². The lowest BCUT2D eigenvalue weighted by Crippen LogP contribution is -2.03. The number of methoxy groups -OCH3 is 2. The number of hydrogen-bond donors (Lipinski definition) is 11. The van der Waals surface area contributed by atoms with Gasteiger partial charge in [-0.05, 0) is 84.2 Å². The highest BCUT2D eigenvalue weighted by atomic mass is 32.2. The summed E-state index contributed by atoms with van der Waals surface area (Å²) in [5.74, 6) is -2.90. The maximum absolute atomic E-state index is 13.1. The molecule has 0 bridgehead atoms. The molecule has 0 aliphatic carbocycles. The Labute approximate surface area is 512 Å². The number of fused-ring (bicyclic) bond motifs is 3. The van der Waals surface area contributed by atoms with Gasteiger partial charge in [0.15, 0.2) is 17.2 Å². The molecule has 0 aliphatic rings. The number of rotatable bonds is 21. The SMILES string of the molecule is COc1ccc(N=Nc2c(S(=O)(=O)O)cc3c(S(=O)(=O)O)c(N=Nc4c(S(=O)(=O)O)cc5ccc(N=Nc6ccc7c(O)c(N=Nc8ccc(OC)cc8S(=O)(=O)O)c(SOOO)cc7c6S(=O)(=O)O)c(O)c5c4N)ccc3c2O)c(SOOO)c1.O=S(=O)=O. The number of nitrogen functional groups attached to an aromatic ring is 1. The summed E-state index contributed by atoms with van der Waals surface area (Å²) in [5.41, 5.74) is -0.111. The predicted molar refractivity (Wildman–Crippen MR) is 304 cm³/mol. The summed E-state index contributed by atoms with van der Waals surface area (Å²) in [6, 6.07) is 14.7. The third kappa shape index (κ3) is 15.3. The van der Waals surface area contributed by atoms with Crippen LogP contribution >= 0.6 is 24.1 Å². The predicted octanol–water partition coefficient (Wildman–Crippen LogP) is 9.61. The number of nitrogens with zero attached hydrogens (tertiary/aromatic N) is 8. The summed E-state index contributed by atoms with van der Waals surface area (Å²) in [6.45, 7) is 0. The first kappa shape index (κ1) is 68.9. The first-order valence-corrected chi connectivity index (χ1v) is 32.4. The van der Waals surface area contributed by atoms with Gasteiger partial charge in [-0.1, -0.05) is 16.1 Å². The van der Waals surface area contributed by atoms with E-state index in [1.165, 1.54) is 38.5 Å². The largest absolute Gasteiger partial charge is 0.505 e. The van der Waals surface area contributed by atoms with Crippen LogP contribution in [0, 0.1) is 0 Å². The second-order valence-electron chi connectivity index (χ2n) is 16.8. The molecule has 0 aromatic heterocycles. The second kappa shape index (κ2) is 27.2. The van der Waals surface area contributed by atoms with Crippen molar-refractivity contribution in [1.29, 1.82) is 0 Å². The zero-order chi connectivity index (χ0) is 66.6. The average molecular weight is 1410 g/mol. The Bertz CT molecular complexity index is 5120. The zero-order valence-electron chi connectivity index (χ0n) is 43.8. The lowest BCUT2D eigenvalue weighted by atomic mass is 10.1. The average Bonchev–Trinajstić information content (AvgIpc) is 0.775. The highest BCUT2D eigenvalue weighted by Crippen LogP contribution is 2.51. The van der Waals surface area contributed by atoms with Crippen molar-refractivity contribution in [2.24, 2.45) is 40.9 Å². The van der Waals surface area contributed by atoms with Crippen LogP contribution in [-0.2, 0) is 79.9 Å². The van der Waals surface area contributed by atoms with Crippen LogP contribution in [0.1, 0.15) is 0 Å². The van der Waals surface area contributed by atoms with Crippen molar-refractivity contribution >= 4 is 169 Å². The molecule has 0 unspecified atom stereocenters. The Hall–Kier alpha value is -8.63. The number of anilines is 1. The number of azo groups is 4. The van der Waals surface area contributed by atoms with Crippen LogP contribution in [0.2, 0.25) is 0 Å². The van der Waals surface area contributed by atoms with Gasteiger partial charge in [-0.25, -0.2) is 10.5 Å². The number of phenols is 3. The minimum atomic E-state index is -5.65. The molecule has 0 heterocycles. The summed E-state index contributed by atoms with van der Waals surface area (Å²) in [6.07, 6.45) is 0. The fraction of sp³-hybridized carbons (Fsp3) is 0.0455. The van der Waals surface area contributed by atoms with Gasteiger partial charge >= 0.3 is 10.6 Å². The molecule has 0 radical (unpaired) electrons. The van der Waals surface area contributed by atoms with Crippen molar-refractivity contribution in [2.75, 3.05) is 20.0 Å². The quantitative estimate of drug-likeness (QED) is 0.00796. The molecule has 90 heavy (non-hydrogen) atoms. The Morgan fingerprint density at radius 1 is 0.422 bits per heavy atom.